The average Bonchev–Trinajstić information content (AvgIpc) is 2.35. The van der Waals surface area contributed by atoms with Gasteiger partial charge >= 0.3 is 0 Å². The molecule has 1 fully saturated rings. The Labute approximate surface area is 106 Å². The summed E-state index contributed by atoms with van der Waals surface area (Å²) in [7, 11) is 3.63. The summed E-state index contributed by atoms with van der Waals surface area (Å²) in [6.45, 7) is 7.83. The highest BCUT2D eigenvalue weighted by atomic mass is 16.5. The van der Waals surface area contributed by atoms with Gasteiger partial charge in [-0.15, -0.1) is 0 Å². The van der Waals surface area contributed by atoms with Crippen LogP contribution >= 0.6 is 0 Å². The normalized spacial score (nSPS) is 27.7. The van der Waals surface area contributed by atoms with Gasteiger partial charge in [0, 0.05) is 26.8 Å². The van der Waals surface area contributed by atoms with E-state index < -0.39 is 0 Å². The predicted molar refractivity (Wildman–Crippen MR) is 71.1 cm³/mol. The highest BCUT2D eigenvalue weighted by molar-refractivity contribution is 4.81. The first-order valence-electron chi connectivity index (χ1n) is 6.89. The van der Waals surface area contributed by atoms with E-state index >= 15 is 0 Å². The third kappa shape index (κ3) is 4.57. The van der Waals surface area contributed by atoms with Crippen LogP contribution in [0.5, 0.6) is 0 Å². The predicted octanol–water partition coefficient (Wildman–Crippen LogP) is 2.89. The van der Waals surface area contributed by atoms with E-state index in [4.69, 9.17) is 9.47 Å². The smallest absolute Gasteiger partial charge is 0.107 e. The van der Waals surface area contributed by atoms with Crippen LogP contribution in [0.4, 0.5) is 0 Å². The third-order valence-corrected chi connectivity index (χ3v) is 3.83. The second-order valence-electron chi connectivity index (χ2n) is 5.59. The monoisotopic (exact) mass is 243 g/mol. The molecule has 0 N–H and O–H groups in total. The van der Waals surface area contributed by atoms with E-state index in [1.165, 1.54) is 25.7 Å². The van der Waals surface area contributed by atoms with Crippen molar-refractivity contribution >= 4 is 0 Å². The van der Waals surface area contributed by atoms with Crippen LogP contribution in [0.15, 0.2) is 0 Å². The molecule has 1 rings (SSSR count). The lowest BCUT2D eigenvalue weighted by atomic mass is 9.91. The second-order valence-corrected chi connectivity index (χ2v) is 5.59. The van der Waals surface area contributed by atoms with E-state index in [2.05, 4.69) is 25.7 Å². The summed E-state index contributed by atoms with van der Waals surface area (Å²) in [6, 6.07) is 0.666. The van der Waals surface area contributed by atoms with Crippen molar-refractivity contribution in [3.8, 4) is 0 Å². The number of hydrogen-bond acceptors (Lipinski definition) is 3. The fraction of sp³-hybridized carbons (Fsp3) is 1.00. The zero-order chi connectivity index (χ0) is 12.8. The minimum atomic E-state index is 0.224. The quantitative estimate of drug-likeness (QED) is 0.670. The maximum atomic E-state index is 5.51. The summed E-state index contributed by atoms with van der Waals surface area (Å²) in [6.07, 6.45) is 5.54. The first kappa shape index (κ1) is 14.9. The molecule has 0 aromatic heterocycles. The molecule has 0 amide bonds. The zero-order valence-electron chi connectivity index (χ0n) is 12.1. The van der Waals surface area contributed by atoms with Crippen LogP contribution in [0.25, 0.3) is 0 Å². The van der Waals surface area contributed by atoms with Gasteiger partial charge in [-0.2, -0.15) is 0 Å². The van der Waals surface area contributed by atoms with Crippen LogP contribution in [-0.2, 0) is 9.47 Å². The molecule has 0 saturated heterocycles. The van der Waals surface area contributed by atoms with E-state index in [9.17, 15) is 0 Å². The van der Waals surface area contributed by atoms with Gasteiger partial charge in [0.2, 0.25) is 0 Å². The van der Waals surface area contributed by atoms with Crippen molar-refractivity contribution in [3.63, 3.8) is 0 Å². The molecule has 0 aliphatic heterocycles. The summed E-state index contributed by atoms with van der Waals surface area (Å²) >= 11 is 0. The molecule has 1 aliphatic carbocycles. The molecule has 1 aliphatic rings. The van der Waals surface area contributed by atoms with Crippen molar-refractivity contribution in [1.29, 1.82) is 0 Å². The Morgan fingerprint density at radius 3 is 2.06 bits per heavy atom. The Hall–Kier alpha value is -0.120. The molecule has 0 bridgehead atoms. The van der Waals surface area contributed by atoms with Gasteiger partial charge in [0.15, 0.2) is 0 Å². The lowest BCUT2D eigenvalue weighted by Crippen LogP contribution is -2.46. The van der Waals surface area contributed by atoms with Crippen LogP contribution in [0.1, 0.15) is 46.5 Å². The molecule has 3 heteroatoms. The number of methoxy groups -OCH3 is 2. The third-order valence-electron chi connectivity index (χ3n) is 3.83. The van der Waals surface area contributed by atoms with Gasteiger partial charge in [-0.05, 0) is 38.5 Å². The van der Waals surface area contributed by atoms with E-state index in [0.29, 0.717) is 18.1 Å². The molecular weight excluding hydrogens is 214 g/mol. The minimum Gasteiger partial charge on any atom is -0.381 e. The summed E-state index contributed by atoms with van der Waals surface area (Å²) in [5, 5.41) is 0. The molecule has 0 aromatic carbocycles. The van der Waals surface area contributed by atoms with Gasteiger partial charge in [-0.3, -0.25) is 4.90 Å². The average molecular weight is 243 g/mol. The molecule has 0 aromatic rings. The Morgan fingerprint density at radius 1 is 1.06 bits per heavy atom. The molecule has 0 heterocycles. The summed E-state index contributed by atoms with van der Waals surface area (Å²) < 4.78 is 11.0. The van der Waals surface area contributed by atoms with Gasteiger partial charge in [0.25, 0.3) is 0 Å². The lowest BCUT2D eigenvalue weighted by Gasteiger charge is -2.40. The molecule has 0 radical (unpaired) electrons. The van der Waals surface area contributed by atoms with Crippen molar-refractivity contribution in [3.05, 3.63) is 0 Å². The Kier molecular flexibility index (Phi) is 6.45. The Morgan fingerprint density at radius 2 is 1.65 bits per heavy atom. The molecule has 1 atom stereocenters. The van der Waals surface area contributed by atoms with Crippen LogP contribution < -0.4 is 0 Å². The maximum Gasteiger partial charge on any atom is 0.107 e. The van der Waals surface area contributed by atoms with E-state index in [-0.39, 0.29) is 6.23 Å². The standard InChI is InChI=1S/C14H29NO2/c1-11(2)10-15(12(3)16-4)13-6-8-14(17-5)9-7-13/h11-14H,6-10H2,1-5H3. The van der Waals surface area contributed by atoms with Crippen molar-refractivity contribution < 1.29 is 9.47 Å². The Balaban J connectivity index is 2.52. The van der Waals surface area contributed by atoms with Gasteiger partial charge < -0.3 is 9.47 Å². The summed E-state index contributed by atoms with van der Waals surface area (Å²) in [5.41, 5.74) is 0. The number of ether oxygens (including phenoxy) is 2. The molecular formula is C14H29NO2. The van der Waals surface area contributed by atoms with Gasteiger partial charge in [0.1, 0.15) is 6.23 Å². The van der Waals surface area contributed by atoms with Crippen molar-refractivity contribution in [2.24, 2.45) is 5.92 Å². The highest BCUT2D eigenvalue weighted by Crippen LogP contribution is 2.26. The van der Waals surface area contributed by atoms with Crippen molar-refractivity contribution in [2.45, 2.75) is 64.8 Å². The van der Waals surface area contributed by atoms with E-state index in [0.717, 1.165) is 6.54 Å². The number of rotatable bonds is 6. The largest absolute Gasteiger partial charge is 0.381 e. The summed E-state index contributed by atoms with van der Waals surface area (Å²) in [4.78, 5) is 2.52. The molecule has 0 spiro atoms. The highest BCUT2D eigenvalue weighted by Gasteiger charge is 2.28. The first-order chi connectivity index (χ1) is 8.08. The van der Waals surface area contributed by atoms with Gasteiger partial charge in [-0.25, -0.2) is 0 Å². The Bertz CT molecular complexity index is 200. The fourth-order valence-electron chi connectivity index (χ4n) is 2.76. The summed E-state index contributed by atoms with van der Waals surface area (Å²) in [5.74, 6) is 0.688. The lowest BCUT2D eigenvalue weighted by molar-refractivity contribution is -0.0665. The molecule has 3 nitrogen and oxygen atoms in total. The SMILES string of the molecule is COC1CCC(N(CC(C)C)C(C)OC)CC1. The molecule has 1 saturated carbocycles. The maximum absolute atomic E-state index is 5.51. The van der Waals surface area contributed by atoms with Crippen LogP contribution in [0.2, 0.25) is 0 Å². The zero-order valence-corrected chi connectivity index (χ0v) is 12.1. The van der Waals surface area contributed by atoms with Crippen LogP contribution in [-0.4, -0.2) is 44.0 Å². The van der Waals surface area contributed by atoms with Gasteiger partial charge in [-0.1, -0.05) is 13.8 Å². The number of hydrogen-bond donors (Lipinski definition) is 0. The molecule has 102 valence electrons. The number of nitrogens with zero attached hydrogens (tertiary/aromatic N) is 1. The minimum absolute atomic E-state index is 0.224. The van der Waals surface area contributed by atoms with Crippen molar-refractivity contribution in [1.82, 2.24) is 4.90 Å². The van der Waals surface area contributed by atoms with Crippen LogP contribution in [0.3, 0.4) is 0 Å². The van der Waals surface area contributed by atoms with Gasteiger partial charge in [0.05, 0.1) is 6.10 Å². The van der Waals surface area contributed by atoms with E-state index in [1.807, 2.05) is 7.11 Å². The topological polar surface area (TPSA) is 21.7 Å². The molecule has 17 heavy (non-hydrogen) atoms. The van der Waals surface area contributed by atoms with E-state index in [1.54, 1.807) is 7.11 Å². The first-order valence-corrected chi connectivity index (χ1v) is 6.89. The van der Waals surface area contributed by atoms with Crippen LogP contribution in [0, 0.1) is 5.92 Å². The fourth-order valence-corrected chi connectivity index (χ4v) is 2.76. The second kappa shape index (κ2) is 7.34. The molecule has 1 unspecified atom stereocenters. The van der Waals surface area contributed by atoms with Crippen molar-refractivity contribution in [2.75, 3.05) is 20.8 Å².